The average Bonchev–Trinajstić information content (AvgIpc) is 2.28. The number of primary amides is 1. The van der Waals surface area contributed by atoms with Gasteiger partial charge in [-0.05, 0) is 30.0 Å². The van der Waals surface area contributed by atoms with Gasteiger partial charge in [0, 0.05) is 6.42 Å². The molecule has 0 spiro atoms. The van der Waals surface area contributed by atoms with Gasteiger partial charge in [0.25, 0.3) is 0 Å². The minimum absolute atomic E-state index is 0.328. The number of ether oxygens (including phenoxy) is 2. The highest BCUT2D eigenvalue weighted by molar-refractivity contribution is 5.64. The second-order valence-corrected chi connectivity index (χ2v) is 3.81. The zero-order valence-electron chi connectivity index (χ0n) is 9.07. The molecule has 0 saturated heterocycles. The molecular weight excluding hydrogens is 206 g/mol. The molecule has 1 aliphatic heterocycles. The van der Waals surface area contributed by atoms with E-state index in [-0.39, 0.29) is 0 Å². The number of fused-ring (bicyclic) bond motifs is 1. The fourth-order valence-corrected chi connectivity index (χ4v) is 1.84. The molecule has 2 rings (SSSR count). The molecular formula is C12H15NO3. The summed E-state index contributed by atoms with van der Waals surface area (Å²) in [6.45, 7) is 1.13. The fraction of sp³-hybridized carbons (Fsp3) is 0.417. The van der Waals surface area contributed by atoms with Crippen molar-refractivity contribution >= 4 is 6.09 Å². The van der Waals surface area contributed by atoms with E-state index in [9.17, 15) is 4.79 Å². The molecule has 1 amide bonds. The van der Waals surface area contributed by atoms with Gasteiger partial charge < -0.3 is 15.2 Å². The first kappa shape index (κ1) is 10.8. The van der Waals surface area contributed by atoms with Crippen LogP contribution in [0, 0.1) is 0 Å². The van der Waals surface area contributed by atoms with E-state index in [1.165, 1.54) is 5.56 Å². The summed E-state index contributed by atoms with van der Waals surface area (Å²) >= 11 is 0. The molecule has 0 unspecified atom stereocenters. The Kier molecular flexibility index (Phi) is 3.29. The normalized spacial score (nSPS) is 13.8. The predicted molar refractivity (Wildman–Crippen MR) is 59.5 cm³/mol. The van der Waals surface area contributed by atoms with E-state index < -0.39 is 6.09 Å². The Bertz CT molecular complexity index is 390. The molecule has 0 fully saturated rings. The largest absolute Gasteiger partial charge is 0.493 e. The Morgan fingerprint density at radius 1 is 1.50 bits per heavy atom. The van der Waals surface area contributed by atoms with E-state index in [2.05, 4.69) is 6.07 Å². The molecule has 1 aromatic rings. The number of hydrogen-bond donors (Lipinski definition) is 1. The summed E-state index contributed by atoms with van der Waals surface area (Å²) in [5, 5.41) is 0. The van der Waals surface area contributed by atoms with Crippen LogP contribution in [0.15, 0.2) is 18.2 Å². The second kappa shape index (κ2) is 4.88. The standard InChI is InChI=1S/C12H15NO3/c13-12(14)16-7-5-9-3-4-11-10(8-9)2-1-6-15-11/h3-4,8H,1-2,5-7H2,(H2,13,14). The zero-order valence-corrected chi connectivity index (χ0v) is 9.07. The van der Waals surface area contributed by atoms with E-state index in [0.29, 0.717) is 13.0 Å². The average molecular weight is 221 g/mol. The molecule has 0 radical (unpaired) electrons. The van der Waals surface area contributed by atoms with Gasteiger partial charge in [0.05, 0.1) is 13.2 Å². The Hall–Kier alpha value is -1.71. The lowest BCUT2D eigenvalue weighted by Crippen LogP contribution is -2.15. The topological polar surface area (TPSA) is 61.6 Å². The van der Waals surface area contributed by atoms with Crippen molar-refractivity contribution in [1.29, 1.82) is 0 Å². The number of aryl methyl sites for hydroxylation is 1. The number of carbonyl (C=O) groups excluding carboxylic acids is 1. The lowest BCUT2D eigenvalue weighted by molar-refractivity contribution is 0.158. The molecule has 0 saturated carbocycles. The molecule has 16 heavy (non-hydrogen) atoms. The van der Waals surface area contributed by atoms with Crippen LogP contribution >= 0.6 is 0 Å². The Balaban J connectivity index is 1.97. The summed E-state index contributed by atoms with van der Waals surface area (Å²) in [6, 6.07) is 6.08. The molecule has 1 heterocycles. The highest BCUT2D eigenvalue weighted by Gasteiger charge is 2.10. The third kappa shape index (κ3) is 2.66. The molecule has 4 nitrogen and oxygen atoms in total. The highest BCUT2D eigenvalue weighted by atomic mass is 16.5. The summed E-state index contributed by atoms with van der Waals surface area (Å²) in [4.78, 5) is 10.4. The van der Waals surface area contributed by atoms with E-state index in [1.807, 2.05) is 12.1 Å². The summed E-state index contributed by atoms with van der Waals surface area (Å²) in [5.41, 5.74) is 7.27. The van der Waals surface area contributed by atoms with Crippen LogP contribution in [0.5, 0.6) is 5.75 Å². The lowest BCUT2D eigenvalue weighted by Gasteiger charge is -2.17. The van der Waals surface area contributed by atoms with Gasteiger partial charge in [-0.3, -0.25) is 0 Å². The number of benzene rings is 1. The summed E-state index contributed by atoms with van der Waals surface area (Å²) in [7, 11) is 0. The maximum atomic E-state index is 10.4. The maximum absolute atomic E-state index is 10.4. The van der Waals surface area contributed by atoms with Crippen molar-refractivity contribution in [1.82, 2.24) is 0 Å². The maximum Gasteiger partial charge on any atom is 0.404 e. The third-order valence-electron chi connectivity index (χ3n) is 2.61. The molecule has 86 valence electrons. The number of nitrogens with two attached hydrogens (primary N) is 1. The lowest BCUT2D eigenvalue weighted by atomic mass is 10.0. The summed E-state index contributed by atoms with van der Waals surface area (Å²) in [6.07, 6.45) is 2.09. The predicted octanol–water partition coefficient (Wildman–Crippen LogP) is 1.65. The van der Waals surface area contributed by atoms with Gasteiger partial charge in [-0.15, -0.1) is 0 Å². The zero-order chi connectivity index (χ0) is 11.4. The van der Waals surface area contributed by atoms with Crippen LogP contribution < -0.4 is 10.5 Å². The van der Waals surface area contributed by atoms with Crippen LogP contribution in [0.4, 0.5) is 4.79 Å². The van der Waals surface area contributed by atoms with Gasteiger partial charge in [-0.1, -0.05) is 12.1 Å². The van der Waals surface area contributed by atoms with Gasteiger partial charge in [0.15, 0.2) is 0 Å². The van der Waals surface area contributed by atoms with E-state index in [1.54, 1.807) is 0 Å². The van der Waals surface area contributed by atoms with Gasteiger partial charge in [-0.25, -0.2) is 4.79 Å². The van der Waals surface area contributed by atoms with Crippen LogP contribution in [0.2, 0.25) is 0 Å². The number of rotatable bonds is 3. The van der Waals surface area contributed by atoms with E-state index in [0.717, 1.165) is 30.8 Å². The number of carbonyl (C=O) groups is 1. The van der Waals surface area contributed by atoms with Crippen LogP contribution in [0.1, 0.15) is 17.5 Å². The van der Waals surface area contributed by atoms with Crippen molar-refractivity contribution in [3.05, 3.63) is 29.3 Å². The van der Waals surface area contributed by atoms with Crippen molar-refractivity contribution in [2.24, 2.45) is 5.73 Å². The third-order valence-corrected chi connectivity index (χ3v) is 2.61. The molecule has 1 aromatic carbocycles. The molecule has 0 aromatic heterocycles. The summed E-state index contributed by atoms with van der Waals surface area (Å²) < 4.78 is 10.2. The number of hydrogen-bond acceptors (Lipinski definition) is 3. The Morgan fingerprint density at radius 3 is 3.19 bits per heavy atom. The quantitative estimate of drug-likeness (QED) is 0.844. The Labute approximate surface area is 94.3 Å². The van der Waals surface area contributed by atoms with Crippen molar-refractivity contribution in [2.75, 3.05) is 13.2 Å². The van der Waals surface area contributed by atoms with Gasteiger partial charge in [0.2, 0.25) is 0 Å². The first-order valence-electron chi connectivity index (χ1n) is 5.42. The van der Waals surface area contributed by atoms with Crippen LogP contribution in [-0.2, 0) is 17.6 Å². The van der Waals surface area contributed by atoms with Crippen LogP contribution in [-0.4, -0.2) is 19.3 Å². The Morgan fingerprint density at radius 2 is 2.38 bits per heavy atom. The molecule has 0 aliphatic carbocycles. The van der Waals surface area contributed by atoms with Crippen LogP contribution in [0.3, 0.4) is 0 Å². The summed E-state index contributed by atoms with van der Waals surface area (Å²) in [5.74, 6) is 0.978. The second-order valence-electron chi connectivity index (χ2n) is 3.81. The van der Waals surface area contributed by atoms with Gasteiger partial charge >= 0.3 is 6.09 Å². The molecule has 4 heteroatoms. The fourth-order valence-electron chi connectivity index (χ4n) is 1.84. The van der Waals surface area contributed by atoms with Crippen molar-refractivity contribution < 1.29 is 14.3 Å². The first-order chi connectivity index (χ1) is 7.75. The van der Waals surface area contributed by atoms with Crippen molar-refractivity contribution in [3.8, 4) is 5.75 Å². The minimum atomic E-state index is -0.721. The highest BCUT2D eigenvalue weighted by Crippen LogP contribution is 2.25. The van der Waals surface area contributed by atoms with E-state index in [4.69, 9.17) is 15.2 Å². The molecule has 1 aliphatic rings. The van der Waals surface area contributed by atoms with Gasteiger partial charge in [0.1, 0.15) is 5.75 Å². The smallest absolute Gasteiger partial charge is 0.404 e. The van der Waals surface area contributed by atoms with E-state index >= 15 is 0 Å². The molecule has 0 atom stereocenters. The first-order valence-corrected chi connectivity index (χ1v) is 5.42. The molecule has 2 N–H and O–H groups in total. The minimum Gasteiger partial charge on any atom is -0.493 e. The van der Waals surface area contributed by atoms with Crippen LogP contribution in [0.25, 0.3) is 0 Å². The monoisotopic (exact) mass is 221 g/mol. The SMILES string of the molecule is NC(=O)OCCc1ccc2c(c1)CCCO2. The van der Waals surface area contributed by atoms with Gasteiger partial charge in [-0.2, -0.15) is 0 Å². The van der Waals surface area contributed by atoms with Crippen molar-refractivity contribution in [3.63, 3.8) is 0 Å². The molecule has 0 bridgehead atoms. The number of amides is 1. The van der Waals surface area contributed by atoms with Crippen molar-refractivity contribution in [2.45, 2.75) is 19.3 Å².